The van der Waals surface area contributed by atoms with Gasteiger partial charge < -0.3 is 10.4 Å². The van der Waals surface area contributed by atoms with E-state index in [0.29, 0.717) is 12.0 Å². The summed E-state index contributed by atoms with van der Waals surface area (Å²) in [6.07, 6.45) is 2.41. The number of rotatable bonds is 3. The number of nitrogens with one attached hydrogen (secondary N) is 1. The Hall–Kier alpha value is -0.860. The van der Waals surface area contributed by atoms with Gasteiger partial charge in [0.15, 0.2) is 0 Å². The highest BCUT2D eigenvalue weighted by Gasteiger charge is 2.26. The van der Waals surface area contributed by atoms with E-state index in [9.17, 15) is 0 Å². The molecule has 0 aromatic heterocycles. The van der Waals surface area contributed by atoms with Crippen molar-refractivity contribution in [2.24, 2.45) is 5.92 Å². The average Bonchev–Trinajstić information content (AvgIpc) is 2.32. The van der Waals surface area contributed by atoms with Crippen LogP contribution in [0.25, 0.3) is 0 Å². The molecular formula is C14H21NO. The van der Waals surface area contributed by atoms with E-state index in [4.69, 9.17) is 5.11 Å². The van der Waals surface area contributed by atoms with E-state index in [0.717, 1.165) is 0 Å². The minimum absolute atomic E-state index is 0.165. The summed E-state index contributed by atoms with van der Waals surface area (Å²) in [5.74, 6) is 0.642. The van der Waals surface area contributed by atoms with Crippen molar-refractivity contribution in [3.63, 3.8) is 0 Å². The first-order chi connectivity index (χ1) is 7.72. The molecule has 0 saturated carbocycles. The number of aliphatic hydroxyl groups excluding tert-OH is 1. The van der Waals surface area contributed by atoms with Gasteiger partial charge in [0.2, 0.25) is 0 Å². The van der Waals surface area contributed by atoms with E-state index >= 15 is 0 Å². The lowest BCUT2D eigenvalue weighted by atomic mass is 9.80. The molecule has 0 radical (unpaired) electrons. The second kappa shape index (κ2) is 4.98. The molecule has 0 saturated heterocycles. The van der Waals surface area contributed by atoms with Crippen molar-refractivity contribution in [1.29, 1.82) is 0 Å². The highest BCUT2D eigenvalue weighted by Crippen LogP contribution is 2.34. The number of fused-ring (bicyclic) bond motifs is 1. The van der Waals surface area contributed by atoms with E-state index < -0.39 is 0 Å². The third-order valence-electron chi connectivity index (χ3n) is 3.57. The van der Waals surface area contributed by atoms with Crippen LogP contribution in [0.1, 0.15) is 37.4 Å². The monoisotopic (exact) mass is 219 g/mol. The maximum absolute atomic E-state index is 9.14. The number of hydrogen-bond acceptors (Lipinski definition) is 2. The first-order valence-electron chi connectivity index (χ1n) is 6.17. The SMILES string of the molecule is CC1CCc2ccccc2C1N[C@@H](C)CO. The van der Waals surface area contributed by atoms with Gasteiger partial charge in [0.25, 0.3) is 0 Å². The second-order valence-electron chi connectivity index (χ2n) is 4.94. The molecule has 1 aromatic rings. The second-order valence-corrected chi connectivity index (χ2v) is 4.94. The van der Waals surface area contributed by atoms with Crippen molar-refractivity contribution in [1.82, 2.24) is 5.32 Å². The van der Waals surface area contributed by atoms with Gasteiger partial charge >= 0.3 is 0 Å². The molecule has 88 valence electrons. The summed E-state index contributed by atoms with van der Waals surface area (Å²) in [6.45, 7) is 4.52. The third kappa shape index (κ3) is 2.28. The first kappa shape index (κ1) is 11.6. The average molecular weight is 219 g/mol. The molecule has 2 unspecified atom stereocenters. The molecule has 1 aromatic carbocycles. The van der Waals surface area contributed by atoms with Crippen molar-refractivity contribution in [2.45, 2.75) is 38.8 Å². The quantitative estimate of drug-likeness (QED) is 0.817. The molecule has 16 heavy (non-hydrogen) atoms. The van der Waals surface area contributed by atoms with Crippen LogP contribution in [0.15, 0.2) is 24.3 Å². The van der Waals surface area contributed by atoms with E-state index in [1.165, 1.54) is 24.0 Å². The molecule has 2 rings (SSSR count). The van der Waals surface area contributed by atoms with Crippen molar-refractivity contribution in [2.75, 3.05) is 6.61 Å². The maximum atomic E-state index is 9.14. The number of hydrogen-bond donors (Lipinski definition) is 2. The molecule has 2 nitrogen and oxygen atoms in total. The fourth-order valence-electron chi connectivity index (χ4n) is 2.53. The van der Waals surface area contributed by atoms with Crippen LogP contribution in [0, 0.1) is 5.92 Å². The number of benzene rings is 1. The molecule has 0 aliphatic heterocycles. The van der Waals surface area contributed by atoms with Crippen LogP contribution in [-0.4, -0.2) is 17.8 Å². The van der Waals surface area contributed by atoms with Gasteiger partial charge in [0, 0.05) is 12.1 Å². The normalized spacial score (nSPS) is 26.2. The van der Waals surface area contributed by atoms with Crippen LogP contribution in [0.3, 0.4) is 0 Å². The molecule has 0 fully saturated rings. The lowest BCUT2D eigenvalue weighted by molar-refractivity contribution is 0.220. The smallest absolute Gasteiger partial charge is 0.0582 e. The molecule has 2 heteroatoms. The van der Waals surface area contributed by atoms with Gasteiger partial charge in [0.05, 0.1) is 6.61 Å². The van der Waals surface area contributed by atoms with Crippen molar-refractivity contribution >= 4 is 0 Å². The zero-order valence-electron chi connectivity index (χ0n) is 10.1. The molecule has 0 heterocycles. The van der Waals surface area contributed by atoms with Gasteiger partial charge in [-0.05, 0) is 36.8 Å². The van der Waals surface area contributed by atoms with Gasteiger partial charge in [-0.2, -0.15) is 0 Å². The van der Waals surface area contributed by atoms with E-state index in [1.54, 1.807) is 0 Å². The van der Waals surface area contributed by atoms with Crippen molar-refractivity contribution < 1.29 is 5.11 Å². The predicted octanol–water partition coefficient (Wildman–Crippen LogP) is 2.28. The Morgan fingerprint density at radius 1 is 1.44 bits per heavy atom. The van der Waals surface area contributed by atoms with Gasteiger partial charge in [-0.1, -0.05) is 31.2 Å². The summed E-state index contributed by atoms with van der Waals surface area (Å²) in [4.78, 5) is 0. The molecule has 1 aliphatic rings. The molecule has 1 aliphatic carbocycles. The summed E-state index contributed by atoms with van der Waals surface area (Å²) in [6, 6.07) is 9.22. The summed E-state index contributed by atoms with van der Waals surface area (Å²) >= 11 is 0. The molecule has 2 N–H and O–H groups in total. The Morgan fingerprint density at radius 2 is 2.19 bits per heavy atom. The third-order valence-corrected chi connectivity index (χ3v) is 3.57. The lowest BCUT2D eigenvalue weighted by Crippen LogP contribution is -2.38. The zero-order chi connectivity index (χ0) is 11.5. The minimum Gasteiger partial charge on any atom is -0.395 e. The van der Waals surface area contributed by atoms with Crippen molar-refractivity contribution in [3.05, 3.63) is 35.4 Å². The lowest BCUT2D eigenvalue weighted by Gasteiger charge is -2.34. The molecule has 3 atom stereocenters. The molecular weight excluding hydrogens is 198 g/mol. The number of aryl methyl sites for hydroxylation is 1. The van der Waals surface area contributed by atoms with Crippen LogP contribution >= 0.6 is 0 Å². The van der Waals surface area contributed by atoms with E-state index in [-0.39, 0.29) is 12.6 Å². The van der Waals surface area contributed by atoms with E-state index in [1.807, 2.05) is 6.92 Å². The Morgan fingerprint density at radius 3 is 2.94 bits per heavy atom. The number of aliphatic hydroxyl groups is 1. The summed E-state index contributed by atoms with van der Waals surface area (Å²) in [7, 11) is 0. The Labute approximate surface area is 97.7 Å². The summed E-state index contributed by atoms with van der Waals surface area (Å²) in [5, 5.41) is 12.7. The Balaban J connectivity index is 2.22. The van der Waals surface area contributed by atoms with Crippen LogP contribution in [-0.2, 0) is 6.42 Å². The highest BCUT2D eigenvalue weighted by atomic mass is 16.3. The van der Waals surface area contributed by atoms with Gasteiger partial charge in [-0.3, -0.25) is 0 Å². The van der Waals surface area contributed by atoms with Crippen LogP contribution in [0.2, 0.25) is 0 Å². The summed E-state index contributed by atoms with van der Waals surface area (Å²) < 4.78 is 0. The van der Waals surface area contributed by atoms with Crippen molar-refractivity contribution in [3.8, 4) is 0 Å². The maximum Gasteiger partial charge on any atom is 0.0582 e. The Bertz CT molecular complexity index is 350. The first-order valence-corrected chi connectivity index (χ1v) is 6.17. The fourth-order valence-corrected chi connectivity index (χ4v) is 2.53. The van der Waals surface area contributed by atoms with Crippen LogP contribution in [0.5, 0.6) is 0 Å². The fraction of sp³-hybridized carbons (Fsp3) is 0.571. The van der Waals surface area contributed by atoms with Gasteiger partial charge in [-0.25, -0.2) is 0 Å². The zero-order valence-corrected chi connectivity index (χ0v) is 10.1. The Kier molecular flexibility index (Phi) is 3.62. The molecule has 0 amide bonds. The predicted molar refractivity (Wildman–Crippen MR) is 66.4 cm³/mol. The topological polar surface area (TPSA) is 32.3 Å². The van der Waals surface area contributed by atoms with E-state index in [2.05, 4.69) is 36.5 Å². The van der Waals surface area contributed by atoms with Gasteiger partial charge in [-0.15, -0.1) is 0 Å². The molecule has 0 bridgehead atoms. The molecule has 0 spiro atoms. The highest BCUT2D eigenvalue weighted by molar-refractivity contribution is 5.32. The largest absolute Gasteiger partial charge is 0.395 e. The minimum atomic E-state index is 0.165. The standard InChI is InChI=1S/C14H21NO/c1-10-7-8-12-5-3-4-6-13(12)14(10)15-11(2)9-16/h3-6,10-11,14-16H,7-9H2,1-2H3/t10?,11-,14?/m0/s1. The van der Waals surface area contributed by atoms with Crippen LogP contribution in [0.4, 0.5) is 0 Å². The summed E-state index contributed by atoms with van der Waals surface area (Å²) in [5.41, 5.74) is 2.88. The van der Waals surface area contributed by atoms with Gasteiger partial charge in [0.1, 0.15) is 0 Å². The van der Waals surface area contributed by atoms with Crippen LogP contribution < -0.4 is 5.32 Å².